The van der Waals surface area contributed by atoms with Crippen molar-refractivity contribution in [2.75, 3.05) is 6.61 Å². The number of unbranched alkanes of at least 4 members (excludes halogenated alkanes) is 5. The van der Waals surface area contributed by atoms with Gasteiger partial charge in [-0.2, -0.15) is 0 Å². The molecular weight excluding hydrogens is 148 g/mol. The third kappa shape index (κ3) is 5.59. The lowest BCUT2D eigenvalue weighted by atomic mass is 10.1. The van der Waals surface area contributed by atoms with Gasteiger partial charge in [0.2, 0.25) is 0 Å². The summed E-state index contributed by atoms with van der Waals surface area (Å²) < 4.78 is 0. The van der Waals surface area contributed by atoms with Crippen molar-refractivity contribution in [2.24, 2.45) is 5.92 Å². The molecule has 0 radical (unpaired) electrons. The summed E-state index contributed by atoms with van der Waals surface area (Å²) in [4.78, 5) is 0. The maximum Gasteiger partial charge on any atom is 0.0431 e. The van der Waals surface area contributed by atoms with Crippen LogP contribution in [0.1, 0.15) is 57.8 Å². The average molecular weight is 170 g/mol. The molecule has 0 bridgehead atoms. The third-order valence-corrected chi connectivity index (χ3v) is 2.72. The molecule has 72 valence electrons. The Morgan fingerprint density at radius 3 is 2.00 bits per heavy atom. The zero-order chi connectivity index (χ0) is 8.65. The Morgan fingerprint density at radius 1 is 0.833 bits per heavy atom. The van der Waals surface area contributed by atoms with E-state index in [2.05, 4.69) is 0 Å². The van der Waals surface area contributed by atoms with Gasteiger partial charge < -0.3 is 5.11 Å². The first-order valence-corrected chi connectivity index (χ1v) is 5.54. The SMILES string of the molecule is OCCCCCCCCC1CC1. The summed E-state index contributed by atoms with van der Waals surface area (Å²) >= 11 is 0. The van der Waals surface area contributed by atoms with Gasteiger partial charge in [-0.3, -0.25) is 0 Å². The van der Waals surface area contributed by atoms with E-state index in [1.54, 1.807) is 0 Å². The average Bonchev–Trinajstić information content (AvgIpc) is 2.87. The Bertz CT molecular complexity index is 97.2. The van der Waals surface area contributed by atoms with Crippen molar-refractivity contribution in [2.45, 2.75) is 57.8 Å². The quantitative estimate of drug-likeness (QED) is 0.555. The molecular formula is C11H22O. The molecule has 0 aromatic rings. The monoisotopic (exact) mass is 170 g/mol. The van der Waals surface area contributed by atoms with Crippen LogP contribution in [0.15, 0.2) is 0 Å². The summed E-state index contributed by atoms with van der Waals surface area (Å²) in [5, 5.41) is 8.55. The van der Waals surface area contributed by atoms with Crippen LogP contribution in [0.2, 0.25) is 0 Å². The molecule has 1 nitrogen and oxygen atoms in total. The van der Waals surface area contributed by atoms with E-state index in [4.69, 9.17) is 5.11 Å². The minimum atomic E-state index is 0.377. The molecule has 0 spiro atoms. The van der Waals surface area contributed by atoms with Gasteiger partial charge in [0.1, 0.15) is 0 Å². The Kier molecular flexibility index (Phi) is 5.42. The predicted octanol–water partition coefficient (Wildman–Crippen LogP) is 3.12. The Hall–Kier alpha value is -0.0400. The molecule has 0 heterocycles. The highest BCUT2D eigenvalue weighted by Crippen LogP contribution is 2.34. The Labute approximate surface area is 76.2 Å². The van der Waals surface area contributed by atoms with E-state index < -0.39 is 0 Å². The third-order valence-electron chi connectivity index (χ3n) is 2.72. The molecule has 0 aromatic heterocycles. The first kappa shape index (κ1) is 10.0. The summed E-state index contributed by atoms with van der Waals surface area (Å²) in [5.41, 5.74) is 0. The molecule has 1 aliphatic carbocycles. The van der Waals surface area contributed by atoms with Crippen molar-refractivity contribution in [3.8, 4) is 0 Å². The lowest BCUT2D eigenvalue weighted by Gasteiger charge is -1.99. The first-order chi connectivity index (χ1) is 5.93. The van der Waals surface area contributed by atoms with Crippen LogP contribution in [0, 0.1) is 5.92 Å². The lowest BCUT2D eigenvalue weighted by Crippen LogP contribution is -1.84. The van der Waals surface area contributed by atoms with Gasteiger partial charge in [0.05, 0.1) is 0 Å². The van der Waals surface area contributed by atoms with Crippen molar-refractivity contribution < 1.29 is 5.11 Å². The van der Waals surface area contributed by atoms with E-state index >= 15 is 0 Å². The van der Waals surface area contributed by atoms with Crippen molar-refractivity contribution in [3.05, 3.63) is 0 Å². The molecule has 0 aromatic carbocycles. The fourth-order valence-corrected chi connectivity index (χ4v) is 1.66. The predicted molar refractivity (Wildman–Crippen MR) is 52.1 cm³/mol. The summed E-state index contributed by atoms with van der Waals surface area (Å²) in [5.74, 6) is 1.11. The summed E-state index contributed by atoms with van der Waals surface area (Å²) in [6.45, 7) is 0.377. The van der Waals surface area contributed by atoms with E-state index in [1.165, 1.54) is 51.4 Å². The summed E-state index contributed by atoms with van der Waals surface area (Å²) in [6.07, 6.45) is 12.3. The molecule has 1 fully saturated rings. The minimum Gasteiger partial charge on any atom is -0.396 e. The number of aliphatic hydroxyl groups is 1. The first-order valence-electron chi connectivity index (χ1n) is 5.54. The standard InChI is InChI=1S/C11H22O/c12-10-6-4-2-1-3-5-7-11-8-9-11/h11-12H,1-10H2. The van der Waals surface area contributed by atoms with E-state index in [-0.39, 0.29) is 0 Å². The minimum absolute atomic E-state index is 0.377. The Morgan fingerprint density at radius 2 is 1.42 bits per heavy atom. The van der Waals surface area contributed by atoms with Gasteiger partial charge in [-0.15, -0.1) is 0 Å². The molecule has 0 atom stereocenters. The fourth-order valence-electron chi connectivity index (χ4n) is 1.66. The van der Waals surface area contributed by atoms with Crippen molar-refractivity contribution in [3.63, 3.8) is 0 Å². The number of aliphatic hydroxyl groups excluding tert-OH is 1. The maximum atomic E-state index is 8.55. The normalized spacial score (nSPS) is 16.8. The van der Waals surface area contributed by atoms with Gasteiger partial charge in [0.25, 0.3) is 0 Å². The highest BCUT2D eigenvalue weighted by Gasteiger charge is 2.19. The molecule has 0 aliphatic heterocycles. The van der Waals surface area contributed by atoms with Crippen molar-refractivity contribution in [1.82, 2.24) is 0 Å². The van der Waals surface area contributed by atoms with Crippen molar-refractivity contribution >= 4 is 0 Å². The second kappa shape index (κ2) is 6.47. The van der Waals surface area contributed by atoms with Crippen LogP contribution in [0.25, 0.3) is 0 Å². The van der Waals surface area contributed by atoms with E-state index in [0.29, 0.717) is 6.61 Å². The summed E-state index contributed by atoms with van der Waals surface area (Å²) in [6, 6.07) is 0. The van der Waals surface area contributed by atoms with E-state index in [0.717, 1.165) is 12.3 Å². The van der Waals surface area contributed by atoms with Gasteiger partial charge in [0.15, 0.2) is 0 Å². The highest BCUT2D eigenvalue weighted by molar-refractivity contribution is 4.72. The molecule has 0 saturated heterocycles. The molecule has 1 heteroatoms. The molecule has 1 saturated carbocycles. The van der Waals surface area contributed by atoms with Gasteiger partial charge in [-0.1, -0.05) is 51.4 Å². The molecule has 0 unspecified atom stereocenters. The molecule has 1 rings (SSSR count). The highest BCUT2D eigenvalue weighted by atomic mass is 16.2. The summed E-state index contributed by atoms with van der Waals surface area (Å²) in [7, 11) is 0. The van der Waals surface area contributed by atoms with Crippen LogP contribution in [-0.2, 0) is 0 Å². The Balaban J connectivity index is 1.65. The van der Waals surface area contributed by atoms with Crippen LogP contribution >= 0.6 is 0 Å². The van der Waals surface area contributed by atoms with E-state index in [1.807, 2.05) is 0 Å². The lowest BCUT2D eigenvalue weighted by molar-refractivity contribution is 0.282. The largest absolute Gasteiger partial charge is 0.396 e. The van der Waals surface area contributed by atoms with Gasteiger partial charge >= 0.3 is 0 Å². The second-order valence-electron chi connectivity index (χ2n) is 4.08. The topological polar surface area (TPSA) is 20.2 Å². The maximum absolute atomic E-state index is 8.55. The molecule has 0 amide bonds. The van der Waals surface area contributed by atoms with Crippen LogP contribution < -0.4 is 0 Å². The fraction of sp³-hybridized carbons (Fsp3) is 1.00. The van der Waals surface area contributed by atoms with Gasteiger partial charge in [-0.05, 0) is 12.3 Å². The van der Waals surface area contributed by atoms with Crippen LogP contribution in [-0.4, -0.2) is 11.7 Å². The van der Waals surface area contributed by atoms with Crippen LogP contribution in [0.5, 0.6) is 0 Å². The smallest absolute Gasteiger partial charge is 0.0431 e. The molecule has 1 aliphatic rings. The van der Waals surface area contributed by atoms with Crippen LogP contribution in [0.3, 0.4) is 0 Å². The van der Waals surface area contributed by atoms with Crippen molar-refractivity contribution in [1.29, 1.82) is 0 Å². The zero-order valence-electron chi connectivity index (χ0n) is 8.10. The second-order valence-corrected chi connectivity index (χ2v) is 4.08. The van der Waals surface area contributed by atoms with Crippen LogP contribution in [0.4, 0.5) is 0 Å². The van der Waals surface area contributed by atoms with Gasteiger partial charge in [0, 0.05) is 6.61 Å². The molecule has 1 N–H and O–H groups in total. The number of hydrogen-bond acceptors (Lipinski definition) is 1. The molecule has 12 heavy (non-hydrogen) atoms. The van der Waals surface area contributed by atoms with E-state index in [9.17, 15) is 0 Å². The number of hydrogen-bond donors (Lipinski definition) is 1. The van der Waals surface area contributed by atoms with Gasteiger partial charge in [-0.25, -0.2) is 0 Å². The number of rotatable bonds is 8. The zero-order valence-corrected chi connectivity index (χ0v) is 8.10.